The number of carbonyl (C=O) groups is 1. The SMILES string of the molecule is C/C(=N\NC(=O)c1cc(C2CC2)[nH]n1)c1ccc(Br)cc1. The minimum atomic E-state index is -0.297. The third-order valence-corrected chi connectivity index (χ3v) is 3.96. The summed E-state index contributed by atoms with van der Waals surface area (Å²) in [6.07, 6.45) is 2.34. The van der Waals surface area contributed by atoms with E-state index in [0.717, 1.165) is 21.4 Å². The molecule has 1 heterocycles. The molecular formula is C15H15BrN4O. The number of carbonyl (C=O) groups excluding carboxylic acids is 1. The fraction of sp³-hybridized carbons (Fsp3) is 0.267. The van der Waals surface area contributed by atoms with Gasteiger partial charge in [-0.25, -0.2) is 5.43 Å². The molecule has 2 aromatic rings. The quantitative estimate of drug-likeness (QED) is 0.659. The Bertz CT molecular complexity index is 686. The molecule has 2 N–H and O–H groups in total. The molecule has 1 aromatic carbocycles. The molecule has 1 aromatic heterocycles. The molecular weight excluding hydrogens is 332 g/mol. The third-order valence-electron chi connectivity index (χ3n) is 3.43. The van der Waals surface area contributed by atoms with Crippen LogP contribution in [0.5, 0.6) is 0 Å². The molecule has 6 heteroatoms. The van der Waals surface area contributed by atoms with E-state index in [1.807, 2.05) is 31.2 Å². The Morgan fingerprint density at radius 2 is 2.10 bits per heavy atom. The average Bonchev–Trinajstić information content (AvgIpc) is 3.22. The van der Waals surface area contributed by atoms with Crippen molar-refractivity contribution in [2.45, 2.75) is 25.7 Å². The van der Waals surface area contributed by atoms with Crippen molar-refractivity contribution in [1.29, 1.82) is 0 Å². The molecule has 1 aliphatic rings. The standard InChI is InChI=1S/C15H15BrN4O/c1-9(10-4-6-12(16)7-5-10)17-20-15(21)14-8-13(18-19-14)11-2-3-11/h4-8,11H,2-3H2,1H3,(H,18,19)(H,20,21)/b17-9+. The first-order valence-corrected chi connectivity index (χ1v) is 7.58. The van der Waals surface area contributed by atoms with Gasteiger partial charge in [0.05, 0.1) is 5.71 Å². The molecule has 0 saturated heterocycles. The summed E-state index contributed by atoms with van der Waals surface area (Å²) in [6, 6.07) is 9.55. The average molecular weight is 347 g/mol. The minimum absolute atomic E-state index is 0.297. The van der Waals surface area contributed by atoms with E-state index < -0.39 is 0 Å². The predicted molar refractivity (Wildman–Crippen MR) is 84.4 cm³/mol. The molecule has 0 radical (unpaired) electrons. The second-order valence-corrected chi connectivity index (χ2v) is 6.04. The first kappa shape index (κ1) is 14.0. The summed E-state index contributed by atoms with van der Waals surface area (Å²) >= 11 is 3.39. The Balaban J connectivity index is 1.65. The lowest BCUT2D eigenvalue weighted by atomic mass is 10.1. The summed E-state index contributed by atoms with van der Waals surface area (Å²) in [5, 5.41) is 11.1. The zero-order valence-electron chi connectivity index (χ0n) is 11.6. The van der Waals surface area contributed by atoms with Crippen LogP contribution >= 0.6 is 15.9 Å². The molecule has 1 fully saturated rings. The predicted octanol–water partition coefficient (Wildman–Crippen LogP) is 3.20. The second kappa shape index (κ2) is 5.81. The Morgan fingerprint density at radius 1 is 1.38 bits per heavy atom. The van der Waals surface area contributed by atoms with Gasteiger partial charge in [0.15, 0.2) is 5.69 Å². The topological polar surface area (TPSA) is 70.1 Å². The van der Waals surface area contributed by atoms with Crippen molar-refractivity contribution < 1.29 is 4.79 Å². The van der Waals surface area contributed by atoms with E-state index in [0.29, 0.717) is 11.6 Å². The summed E-state index contributed by atoms with van der Waals surface area (Å²) < 4.78 is 1.01. The molecule has 0 spiro atoms. The van der Waals surface area contributed by atoms with Crippen LogP contribution in [-0.2, 0) is 0 Å². The molecule has 0 bridgehead atoms. The van der Waals surface area contributed by atoms with E-state index in [2.05, 4.69) is 36.7 Å². The van der Waals surface area contributed by atoms with E-state index >= 15 is 0 Å². The second-order valence-electron chi connectivity index (χ2n) is 5.13. The number of H-pyrrole nitrogens is 1. The maximum atomic E-state index is 12.0. The Morgan fingerprint density at radius 3 is 2.76 bits per heavy atom. The van der Waals surface area contributed by atoms with Gasteiger partial charge < -0.3 is 0 Å². The number of nitrogens with zero attached hydrogens (tertiary/aromatic N) is 2. The van der Waals surface area contributed by atoms with Crippen LogP contribution in [0.15, 0.2) is 39.9 Å². The van der Waals surface area contributed by atoms with Crippen LogP contribution in [0, 0.1) is 0 Å². The van der Waals surface area contributed by atoms with Gasteiger partial charge in [0.1, 0.15) is 0 Å². The fourth-order valence-corrected chi connectivity index (χ4v) is 2.27. The van der Waals surface area contributed by atoms with Gasteiger partial charge in [-0.05, 0) is 43.5 Å². The molecule has 1 aliphatic carbocycles. The largest absolute Gasteiger partial charge is 0.291 e. The molecule has 3 rings (SSSR count). The molecule has 21 heavy (non-hydrogen) atoms. The number of hydrazone groups is 1. The van der Waals surface area contributed by atoms with E-state index in [4.69, 9.17) is 0 Å². The number of rotatable bonds is 4. The van der Waals surface area contributed by atoms with Crippen LogP contribution in [0.25, 0.3) is 0 Å². The van der Waals surface area contributed by atoms with E-state index in [1.54, 1.807) is 6.07 Å². The zero-order chi connectivity index (χ0) is 14.8. The van der Waals surface area contributed by atoms with E-state index in [-0.39, 0.29) is 5.91 Å². The highest BCUT2D eigenvalue weighted by molar-refractivity contribution is 9.10. The summed E-state index contributed by atoms with van der Waals surface area (Å²) in [7, 11) is 0. The lowest BCUT2D eigenvalue weighted by Gasteiger charge is -2.01. The maximum Gasteiger partial charge on any atom is 0.291 e. The number of hydrogen-bond acceptors (Lipinski definition) is 3. The van der Waals surface area contributed by atoms with Crippen LogP contribution in [0.1, 0.15) is 47.4 Å². The first-order chi connectivity index (χ1) is 10.1. The number of amides is 1. The molecule has 0 unspecified atom stereocenters. The third kappa shape index (κ3) is 3.39. The fourth-order valence-electron chi connectivity index (χ4n) is 2.00. The number of aromatic nitrogens is 2. The minimum Gasteiger partial charge on any atom is -0.281 e. The molecule has 5 nitrogen and oxygen atoms in total. The highest BCUT2D eigenvalue weighted by atomic mass is 79.9. The van der Waals surface area contributed by atoms with Crippen molar-refractivity contribution in [1.82, 2.24) is 15.6 Å². The van der Waals surface area contributed by atoms with Crippen molar-refractivity contribution in [3.05, 3.63) is 51.8 Å². The Labute approximate surface area is 131 Å². The van der Waals surface area contributed by atoms with Gasteiger partial charge in [0.2, 0.25) is 0 Å². The molecule has 108 valence electrons. The van der Waals surface area contributed by atoms with E-state index in [1.165, 1.54) is 12.8 Å². The van der Waals surface area contributed by atoms with Crippen LogP contribution in [0.3, 0.4) is 0 Å². The lowest BCUT2D eigenvalue weighted by Crippen LogP contribution is -2.19. The first-order valence-electron chi connectivity index (χ1n) is 6.79. The van der Waals surface area contributed by atoms with Gasteiger partial charge in [-0.2, -0.15) is 10.2 Å². The van der Waals surface area contributed by atoms with Gasteiger partial charge in [-0.15, -0.1) is 0 Å². The summed E-state index contributed by atoms with van der Waals surface area (Å²) in [6.45, 7) is 1.85. The molecule has 0 atom stereocenters. The van der Waals surface area contributed by atoms with Gasteiger partial charge in [0.25, 0.3) is 5.91 Å². The van der Waals surface area contributed by atoms with Crippen LogP contribution in [-0.4, -0.2) is 21.8 Å². The number of halogens is 1. The molecule has 1 saturated carbocycles. The smallest absolute Gasteiger partial charge is 0.281 e. The van der Waals surface area contributed by atoms with Crippen molar-refractivity contribution in [3.63, 3.8) is 0 Å². The Kier molecular flexibility index (Phi) is 3.88. The van der Waals surface area contributed by atoms with Crippen LogP contribution in [0.4, 0.5) is 0 Å². The van der Waals surface area contributed by atoms with Crippen molar-refractivity contribution in [2.24, 2.45) is 5.10 Å². The number of benzene rings is 1. The van der Waals surface area contributed by atoms with Gasteiger partial charge in [-0.1, -0.05) is 28.1 Å². The van der Waals surface area contributed by atoms with Crippen LogP contribution in [0.2, 0.25) is 0 Å². The highest BCUT2D eigenvalue weighted by Gasteiger charge is 2.26. The van der Waals surface area contributed by atoms with Crippen molar-refractivity contribution >= 4 is 27.5 Å². The lowest BCUT2D eigenvalue weighted by molar-refractivity contribution is 0.0950. The normalized spacial score (nSPS) is 15.0. The summed E-state index contributed by atoms with van der Waals surface area (Å²) in [5.74, 6) is 0.252. The number of aromatic amines is 1. The zero-order valence-corrected chi connectivity index (χ0v) is 13.1. The van der Waals surface area contributed by atoms with Crippen LogP contribution < -0.4 is 5.43 Å². The Hall–Kier alpha value is -1.95. The van der Waals surface area contributed by atoms with Crippen molar-refractivity contribution in [2.75, 3.05) is 0 Å². The highest BCUT2D eigenvalue weighted by Crippen LogP contribution is 2.38. The summed E-state index contributed by atoms with van der Waals surface area (Å²) in [4.78, 5) is 12.0. The number of hydrogen-bond donors (Lipinski definition) is 2. The maximum absolute atomic E-state index is 12.0. The van der Waals surface area contributed by atoms with E-state index in [9.17, 15) is 4.79 Å². The van der Waals surface area contributed by atoms with Crippen molar-refractivity contribution in [3.8, 4) is 0 Å². The van der Waals surface area contributed by atoms with Gasteiger partial charge >= 0.3 is 0 Å². The molecule has 0 aliphatic heterocycles. The summed E-state index contributed by atoms with van der Waals surface area (Å²) in [5.41, 5.74) is 5.66. The monoisotopic (exact) mass is 346 g/mol. The number of nitrogens with one attached hydrogen (secondary N) is 2. The molecule has 1 amide bonds. The van der Waals surface area contributed by atoms with Gasteiger partial charge in [0, 0.05) is 16.1 Å². The van der Waals surface area contributed by atoms with Gasteiger partial charge in [-0.3, -0.25) is 9.89 Å².